The zero-order chi connectivity index (χ0) is 15.8. The van der Waals surface area contributed by atoms with Crippen LogP contribution < -0.4 is 5.32 Å². The molecule has 2 nitrogen and oxygen atoms in total. The normalized spacial score (nSPS) is 21.2. The van der Waals surface area contributed by atoms with Gasteiger partial charge in [-0.25, -0.2) is 0 Å². The van der Waals surface area contributed by atoms with Gasteiger partial charge in [-0.2, -0.15) is 0 Å². The van der Waals surface area contributed by atoms with Gasteiger partial charge in [-0.15, -0.1) is 0 Å². The van der Waals surface area contributed by atoms with Gasteiger partial charge in [0.15, 0.2) is 0 Å². The molecule has 0 radical (unpaired) electrons. The van der Waals surface area contributed by atoms with Gasteiger partial charge in [0.2, 0.25) is 5.91 Å². The van der Waals surface area contributed by atoms with Crippen molar-refractivity contribution in [3.05, 3.63) is 34.4 Å². The van der Waals surface area contributed by atoms with Crippen LogP contribution in [0.2, 0.25) is 0 Å². The summed E-state index contributed by atoms with van der Waals surface area (Å²) in [5.74, 6) is 1.10. The van der Waals surface area contributed by atoms with E-state index >= 15 is 0 Å². The van der Waals surface area contributed by atoms with Crippen LogP contribution in [0.5, 0.6) is 0 Å². The van der Waals surface area contributed by atoms with E-state index in [1.54, 1.807) is 0 Å². The number of hydrogen-bond acceptors (Lipinski definition) is 1. The highest BCUT2D eigenvalue weighted by atomic mass is 16.2. The third kappa shape index (κ3) is 3.87. The quantitative estimate of drug-likeness (QED) is 0.893. The molecule has 0 aromatic heterocycles. The first-order valence-electron chi connectivity index (χ1n) is 8.08. The van der Waals surface area contributed by atoms with Gasteiger partial charge in [-0.05, 0) is 60.3 Å². The van der Waals surface area contributed by atoms with E-state index in [1.807, 2.05) is 0 Å². The van der Waals surface area contributed by atoms with Gasteiger partial charge in [-0.1, -0.05) is 39.8 Å². The maximum atomic E-state index is 11.9. The predicted molar refractivity (Wildman–Crippen MR) is 88.6 cm³/mol. The molecule has 1 aromatic carbocycles. The summed E-state index contributed by atoms with van der Waals surface area (Å²) in [6.07, 6.45) is 1.99. The van der Waals surface area contributed by atoms with Crippen LogP contribution in [0.4, 0.5) is 0 Å². The van der Waals surface area contributed by atoms with E-state index in [0.717, 1.165) is 19.4 Å². The lowest BCUT2D eigenvalue weighted by molar-refractivity contribution is -0.122. The van der Waals surface area contributed by atoms with Gasteiger partial charge < -0.3 is 5.32 Å². The van der Waals surface area contributed by atoms with Gasteiger partial charge in [0, 0.05) is 12.5 Å². The molecule has 1 aliphatic carbocycles. The molecule has 2 rings (SSSR count). The maximum absolute atomic E-state index is 11.9. The molecular formula is C19H29NO. The third-order valence-corrected chi connectivity index (χ3v) is 4.68. The van der Waals surface area contributed by atoms with Gasteiger partial charge in [0.05, 0.1) is 0 Å². The molecule has 1 fully saturated rings. The summed E-state index contributed by atoms with van der Waals surface area (Å²) in [6.45, 7) is 14.0. The molecule has 21 heavy (non-hydrogen) atoms. The Morgan fingerprint density at radius 1 is 1.24 bits per heavy atom. The van der Waals surface area contributed by atoms with Crippen molar-refractivity contribution < 1.29 is 4.79 Å². The number of amides is 1. The van der Waals surface area contributed by atoms with E-state index in [2.05, 4.69) is 59.0 Å². The van der Waals surface area contributed by atoms with Crippen molar-refractivity contribution in [1.29, 1.82) is 0 Å². The Bertz CT molecular complexity index is 516. The van der Waals surface area contributed by atoms with Crippen LogP contribution in [0.25, 0.3) is 0 Å². The van der Waals surface area contributed by atoms with Gasteiger partial charge in [0.25, 0.3) is 0 Å². The van der Waals surface area contributed by atoms with Crippen LogP contribution in [0.3, 0.4) is 0 Å². The molecule has 0 bridgehead atoms. The molecule has 1 aromatic rings. The number of benzene rings is 1. The fourth-order valence-electron chi connectivity index (χ4n) is 2.95. The van der Waals surface area contributed by atoms with Crippen molar-refractivity contribution in [2.45, 2.75) is 59.8 Å². The highest BCUT2D eigenvalue weighted by Gasteiger charge is 2.38. The molecule has 2 heteroatoms. The molecule has 0 heterocycles. The lowest BCUT2D eigenvalue weighted by atomic mass is 9.83. The molecule has 1 amide bonds. The van der Waals surface area contributed by atoms with Crippen LogP contribution in [0, 0.1) is 25.7 Å². The van der Waals surface area contributed by atoms with E-state index in [1.165, 1.54) is 22.3 Å². The third-order valence-electron chi connectivity index (χ3n) is 4.68. The summed E-state index contributed by atoms with van der Waals surface area (Å²) in [4.78, 5) is 11.9. The summed E-state index contributed by atoms with van der Waals surface area (Å²) in [6, 6.07) is 4.60. The number of aryl methyl sites for hydroxylation is 2. The maximum Gasteiger partial charge on any atom is 0.223 e. The summed E-state index contributed by atoms with van der Waals surface area (Å²) >= 11 is 0. The lowest BCUT2D eigenvalue weighted by Crippen LogP contribution is -2.28. The minimum absolute atomic E-state index is 0.185. The molecular weight excluding hydrogens is 258 g/mol. The van der Waals surface area contributed by atoms with E-state index in [4.69, 9.17) is 0 Å². The Labute approximate surface area is 129 Å². The van der Waals surface area contributed by atoms with Crippen LogP contribution >= 0.6 is 0 Å². The Morgan fingerprint density at radius 2 is 1.76 bits per heavy atom. The number of hydrogen-bond donors (Lipinski definition) is 1. The number of rotatable bonds is 4. The van der Waals surface area contributed by atoms with Crippen LogP contribution in [0.1, 0.15) is 56.4 Å². The van der Waals surface area contributed by atoms with Crippen LogP contribution in [0.15, 0.2) is 12.1 Å². The van der Waals surface area contributed by atoms with E-state index in [9.17, 15) is 4.79 Å². The van der Waals surface area contributed by atoms with Crippen molar-refractivity contribution in [1.82, 2.24) is 5.32 Å². The predicted octanol–water partition coefficient (Wildman–Crippen LogP) is 3.92. The summed E-state index contributed by atoms with van der Waals surface area (Å²) < 4.78 is 0. The molecule has 0 aliphatic heterocycles. The van der Waals surface area contributed by atoms with Crippen LogP contribution in [-0.2, 0) is 16.6 Å². The second kappa shape index (κ2) is 5.82. The van der Waals surface area contributed by atoms with Crippen molar-refractivity contribution in [3.8, 4) is 0 Å². The Balaban J connectivity index is 1.99. The van der Waals surface area contributed by atoms with Crippen molar-refractivity contribution >= 4 is 5.91 Å². The van der Waals surface area contributed by atoms with E-state index in [0.29, 0.717) is 5.92 Å². The van der Waals surface area contributed by atoms with Gasteiger partial charge in [0.1, 0.15) is 0 Å². The summed E-state index contributed by atoms with van der Waals surface area (Å²) in [5, 5.41) is 3.08. The fraction of sp³-hybridized carbons (Fsp3) is 0.632. The monoisotopic (exact) mass is 287 g/mol. The molecule has 2 atom stereocenters. The molecule has 0 saturated heterocycles. The standard InChI is InChI=1S/C19H29NO/c1-12-9-15(19(4,5)6)10-13(2)16(12)7-8-20-18(21)17-11-14(17)3/h9-10,14,17H,7-8,11H2,1-6H3,(H,20,21)/t14-,17+/m0/s1. The minimum atomic E-state index is 0.185. The molecule has 1 N–H and O–H groups in total. The van der Waals surface area contributed by atoms with Crippen molar-refractivity contribution in [3.63, 3.8) is 0 Å². The zero-order valence-electron chi connectivity index (χ0n) is 14.3. The van der Waals surface area contributed by atoms with E-state index < -0.39 is 0 Å². The smallest absolute Gasteiger partial charge is 0.223 e. The average molecular weight is 287 g/mol. The zero-order valence-corrected chi connectivity index (χ0v) is 14.3. The van der Waals surface area contributed by atoms with Gasteiger partial charge in [-0.3, -0.25) is 4.79 Å². The Morgan fingerprint density at radius 3 is 2.19 bits per heavy atom. The Kier molecular flexibility index (Phi) is 4.46. The second-order valence-electron chi connectivity index (χ2n) is 7.70. The fourth-order valence-corrected chi connectivity index (χ4v) is 2.95. The van der Waals surface area contributed by atoms with Crippen molar-refractivity contribution in [2.75, 3.05) is 6.54 Å². The first kappa shape index (κ1) is 16.1. The van der Waals surface area contributed by atoms with E-state index in [-0.39, 0.29) is 17.2 Å². The second-order valence-corrected chi connectivity index (χ2v) is 7.70. The SMILES string of the molecule is Cc1cc(C(C)(C)C)cc(C)c1CCNC(=O)[C@@H]1C[C@@H]1C. The lowest BCUT2D eigenvalue weighted by Gasteiger charge is -2.22. The first-order valence-corrected chi connectivity index (χ1v) is 8.08. The molecule has 116 valence electrons. The first-order chi connectivity index (χ1) is 9.70. The highest BCUT2D eigenvalue weighted by Crippen LogP contribution is 2.37. The minimum Gasteiger partial charge on any atom is -0.356 e. The molecule has 1 aliphatic rings. The largest absolute Gasteiger partial charge is 0.356 e. The summed E-state index contributed by atoms with van der Waals surface area (Å²) in [5.41, 5.74) is 5.64. The highest BCUT2D eigenvalue weighted by molar-refractivity contribution is 5.81. The molecule has 1 saturated carbocycles. The van der Waals surface area contributed by atoms with Gasteiger partial charge >= 0.3 is 0 Å². The average Bonchev–Trinajstić information content (AvgIpc) is 3.08. The number of carbonyl (C=O) groups excluding carboxylic acids is 1. The van der Waals surface area contributed by atoms with Crippen molar-refractivity contribution in [2.24, 2.45) is 11.8 Å². The number of nitrogens with one attached hydrogen (secondary N) is 1. The molecule has 0 spiro atoms. The topological polar surface area (TPSA) is 29.1 Å². The van der Waals surface area contributed by atoms with Crippen LogP contribution in [-0.4, -0.2) is 12.5 Å². The Hall–Kier alpha value is -1.31. The summed E-state index contributed by atoms with van der Waals surface area (Å²) in [7, 11) is 0. The number of carbonyl (C=O) groups is 1. The molecule has 0 unspecified atom stereocenters.